The van der Waals surface area contributed by atoms with Crippen molar-refractivity contribution < 1.29 is 4.74 Å². The van der Waals surface area contributed by atoms with E-state index in [-0.39, 0.29) is 0 Å². The number of para-hydroxylation sites is 1. The van der Waals surface area contributed by atoms with Gasteiger partial charge in [-0.05, 0) is 50.8 Å². The van der Waals surface area contributed by atoms with E-state index in [4.69, 9.17) is 4.74 Å². The highest BCUT2D eigenvalue weighted by atomic mass is 16.5. The van der Waals surface area contributed by atoms with Gasteiger partial charge in [-0.2, -0.15) is 0 Å². The summed E-state index contributed by atoms with van der Waals surface area (Å²) in [5.74, 6) is 1.68. The summed E-state index contributed by atoms with van der Waals surface area (Å²) in [5.41, 5.74) is 0. The molecule has 2 atom stereocenters. The van der Waals surface area contributed by atoms with Crippen molar-refractivity contribution in [1.82, 2.24) is 5.32 Å². The molecule has 0 fully saturated rings. The molecule has 2 unspecified atom stereocenters. The van der Waals surface area contributed by atoms with Crippen LogP contribution in [-0.4, -0.2) is 19.2 Å². The third kappa shape index (κ3) is 6.06. The smallest absolute Gasteiger partial charge is 0.119 e. The molecule has 1 N–H and O–H groups in total. The van der Waals surface area contributed by atoms with Crippen molar-refractivity contribution in [1.29, 1.82) is 0 Å². The van der Waals surface area contributed by atoms with E-state index in [1.165, 1.54) is 12.8 Å². The first-order chi connectivity index (χ1) is 8.74. The van der Waals surface area contributed by atoms with Gasteiger partial charge < -0.3 is 10.1 Å². The molecule has 0 heterocycles. The summed E-state index contributed by atoms with van der Waals surface area (Å²) in [5, 5.41) is 3.55. The minimum atomic E-state index is 0.599. The van der Waals surface area contributed by atoms with Crippen molar-refractivity contribution >= 4 is 0 Å². The Bertz CT molecular complexity index is 299. The van der Waals surface area contributed by atoms with Crippen molar-refractivity contribution in [2.75, 3.05) is 13.2 Å². The summed E-state index contributed by atoms with van der Waals surface area (Å²) in [4.78, 5) is 0. The number of hydrogen-bond donors (Lipinski definition) is 1. The average Bonchev–Trinajstić information content (AvgIpc) is 2.41. The zero-order chi connectivity index (χ0) is 13.2. The molecular formula is C16H27NO. The van der Waals surface area contributed by atoms with Crippen LogP contribution in [-0.2, 0) is 0 Å². The predicted octanol–water partition coefficient (Wildman–Crippen LogP) is 3.87. The quantitative estimate of drug-likeness (QED) is 0.671. The Hall–Kier alpha value is -1.02. The molecular weight excluding hydrogens is 222 g/mol. The number of nitrogens with one attached hydrogen (secondary N) is 1. The Balaban J connectivity index is 2.10. The van der Waals surface area contributed by atoms with Gasteiger partial charge in [-0.1, -0.05) is 32.0 Å². The minimum absolute atomic E-state index is 0.599. The highest BCUT2D eigenvalue weighted by molar-refractivity contribution is 5.20. The van der Waals surface area contributed by atoms with Gasteiger partial charge in [0.25, 0.3) is 0 Å². The van der Waals surface area contributed by atoms with Crippen LogP contribution >= 0.6 is 0 Å². The van der Waals surface area contributed by atoms with Crippen molar-refractivity contribution in [3.63, 3.8) is 0 Å². The summed E-state index contributed by atoms with van der Waals surface area (Å²) in [6.45, 7) is 8.73. The van der Waals surface area contributed by atoms with E-state index in [0.29, 0.717) is 12.0 Å². The summed E-state index contributed by atoms with van der Waals surface area (Å²) >= 11 is 0. The molecule has 2 heteroatoms. The maximum atomic E-state index is 5.70. The van der Waals surface area contributed by atoms with Gasteiger partial charge in [0.15, 0.2) is 0 Å². The molecule has 0 bridgehead atoms. The van der Waals surface area contributed by atoms with Crippen LogP contribution in [0.2, 0.25) is 0 Å². The topological polar surface area (TPSA) is 21.3 Å². The van der Waals surface area contributed by atoms with E-state index in [1.54, 1.807) is 0 Å². The van der Waals surface area contributed by atoms with E-state index in [2.05, 4.69) is 26.1 Å². The van der Waals surface area contributed by atoms with Crippen LogP contribution in [0.1, 0.15) is 40.0 Å². The minimum Gasteiger partial charge on any atom is -0.494 e. The molecule has 18 heavy (non-hydrogen) atoms. The molecule has 1 aromatic rings. The number of ether oxygens (including phenoxy) is 1. The van der Waals surface area contributed by atoms with Gasteiger partial charge in [0.05, 0.1) is 6.61 Å². The van der Waals surface area contributed by atoms with Crippen LogP contribution in [0.15, 0.2) is 30.3 Å². The first-order valence-corrected chi connectivity index (χ1v) is 7.15. The molecule has 102 valence electrons. The molecule has 0 aliphatic carbocycles. The van der Waals surface area contributed by atoms with Crippen LogP contribution in [0, 0.1) is 5.92 Å². The van der Waals surface area contributed by atoms with Crippen molar-refractivity contribution in [3.05, 3.63) is 30.3 Å². The van der Waals surface area contributed by atoms with Crippen LogP contribution in [0.5, 0.6) is 5.75 Å². The van der Waals surface area contributed by atoms with Gasteiger partial charge in [-0.3, -0.25) is 0 Å². The summed E-state index contributed by atoms with van der Waals surface area (Å²) in [7, 11) is 0. The molecule has 0 amide bonds. The monoisotopic (exact) mass is 249 g/mol. The first kappa shape index (κ1) is 15.0. The fraction of sp³-hybridized carbons (Fsp3) is 0.625. The van der Waals surface area contributed by atoms with Crippen molar-refractivity contribution in [2.45, 2.75) is 46.1 Å². The second-order valence-electron chi connectivity index (χ2n) is 5.02. The van der Waals surface area contributed by atoms with Crippen molar-refractivity contribution in [2.24, 2.45) is 5.92 Å². The molecule has 0 aromatic heterocycles. The van der Waals surface area contributed by atoms with E-state index >= 15 is 0 Å². The third-order valence-corrected chi connectivity index (χ3v) is 3.39. The van der Waals surface area contributed by atoms with Crippen LogP contribution in [0.4, 0.5) is 0 Å². The van der Waals surface area contributed by atoms with E-state index in [1.807, 2.05) is 30.3 Å². The lowest BCUT2D eigenvalue weighted by Crippen LogP contribution is -2.32. The van der Waals surface area contributed by atoms with Gasteiger partial charge in [-0.25, -0.2) is 0 Å². The van der Waals surface area contributed by atoms with Gasteiger partial charge in [0.1, 0.15) is 5.75 Å². The molecule has 2 nitrogen and oxygen atoms in total. The molecule has 1 aromatic carbocycles. The van der Waals surface area contributed by atoms with Crippen molar-refractivity contribution in [3.8, 4) is 5.75 Å². The summed E-state index contributed by atoms with van der Waals surface area (Å²) in [6.07, 6.45) is 3.53. The Kier molecular flexibility index (Phi) is 7.51. The Morgan fingerprint density at radius 3 is 2.56 bits per heavy atom. The number of rotatable bonds is 9. The molecule has 0 aliphatic heterocycles. The molecule has 0 radical (unpaired) electrons. The maximum Gasteiger partial charge on any atom is 0.119 e. The predicted molar refractivity (Wildman–Crippen MR) is 78.1 cm³/mol. The molecule has 0 saturated heterocycles. The Labute approximate surface area is 112 Å². The zero-order valence-electron chi connectivity index (χ0n) is 12.0. The van der Waals surface area contributed by atoms with E-state index in [9.17, 15) is 0 Å². The largest absolute Gasteiger partial charge is 0.494 e. The number of benzene rings is 1. The van der Waals surface area contributed by atoms with Gasteiger partial charge in [-0.15, -0.1) is 0 Å². The second kappa shape index (κ2) is 8.98. The molecule has 0 spiro atoms. The summed E-state index contributed by atoms with van der Waals surface area (Å²) < 4.78 is 5.70. The van der Waals surface area contributed by atoms with Gasteiger partial charge >= 0.3 is 0 Å². The second-order valence-corrected chi connectivity index (χ2v) is 5.02. The highest BCUT2D eigenvalue weighted by Crippen LogP contribution is 2.13. The summed E-state index contributed by atoms with van der Waals surface area (Å²) in [6, 6.07) is 10.6. The molecule has 1 rings (SSSR count). The van der Waals surface area contributed by atoms with Crippen LogP contribution in [0.25, 0.3) is 0 Å². The normalized spacial score (nSPS) is 14.2. The van der Waals surface area contributed by atoms with E-state index in [0.717, 1.165) is 25.3 Å². The standard InChI is InChI=1S/C16H27NO/c1-4-12-17-15(3)14(2)9-8-13-18-16-10-6-5-7-11-16/h5-7,10-11,14-15,17H,4,8-9,12-13H2,1-3H3. The molecule has 0 saturated carbocycles. The fourth-order valence-electron chi connectivity index (χ4n) is 1.94. The number of hydrogen-bond acceptors (Lipinski definition) is 2. The third-order valence-electron chi connectivity index (χ3n) is 3.39. The zero-order valence-corrected chi connectivity index (χ0v) is 12.0. The molecule has 0 aliphatic rings. The van der Waals surface area contributed by atoms with Crippen LogP contribution in [0.3, 0.4) is 0 Å². The van der Waals surface area contributed by atoms with Crippen LogP contribution < -0.4 is 10.1 Å². The SMILES string of the molecule is CCCNC(C)C(C)CCCOc1ccccc1. The fourth-order valence-corrected chi connectivity index (χ4v) is 1.94. The Morgan fingerprint density at radius 1 is 1.17 bits per heavy atom. The maximum absolute atomic E-state index is 5.70. The Morgan fingerprint density at radius 2 is 1.89 bits per heavy atom. The lowest BCUT2D eigenvalue weighted by Gasteiger charge is -2.21. The first-order valence-electron chi connectivity index (χ1n) is 7.15. The average molecular weight is 249 g/mol. The lowest BCUT2D eigenvalue weighted by atomic mass is 9.98. The van der Waals surface area contributed by atoms with Gasteiger partial charge in [0, 0.05) is 6.04 Å². The lowest BCUT2D eigenvalue weighted by molar-refractivity contribution is 0.281. The highest BCUT2D eigenvalue weighted by Gasteiger charge is 2.10. The van der Waals surface area contributed by atoms with E-state index < -0.39 is 0 Å². The van der Waals surface area contributed by atoms with Gasteiger partial charge in [0.2, 0.25) is 0 Å².